The third-order valence-corrected chi connectivity index (χ3v) is 3.22. The Morgan fingerprint density at radius 1 is 0.630 bits per heavy atom. The van der Waals surface area contributed by atoms with Crippen LogP contribution in [0.4, 0.5) is 0 Å². The minimum absolute atomic E-state index is 0.216. The summed E-state index contributed by atoms with van der Waals surface area (Å²) in [4.78, 5) is 11.7. The van der Waals surface area contributed by atoms with Crippen molar-refractivity contribution in [2.45, 2.75) is 0 Å². The molecule has 0 saturated carbocycles. The van der Waals surface area contributed by atoms with Crippen molar-refractivity contribution < 1.29 is 33.2 Å². The van der Waals surface area contributed by atoms with Crippen LogP contribution in [0.5, 0.6) is 0 Å². The Balaban J connectivity index is 1.75. The third kappa shape index (κ3) is 14.2. The highest BCUT2D eigenvalue weighted by atomic mass is 16.6. The largest absolute Gasteiger partial charge is 0.460 e. The van der Waals surface area contributed by atoms with E-state index in [4.69, 9.17) is 34.2 Å². The average molecular weight is 385 g/mol. The van der Waals surface area contributed by atoms with Crippen molar-refractivity contribution in [3.8, 4) is 0 Å². The maximum Gasteiger partial charge on any atom is 0.338 e. The standard InChI is InChI=1S/C19H31NO7/c20-6-7-22-8-9-23-10-11-24-12-13-25-14-15-26-16-17-27-19(21)18-4-2-1-3-5-18/h1-5H,6-17,20H2. The third-order valence-electron chi connectivity index (χ3n) is 3.22. The number of esters is 1. The lowest BCUT2D eigenvalue weighted by molar-refractivity contribution is -0.0148. The lowest BCUT2D eigenvalue weighted by Crippen LogP contribution is -2.15. The van der Waals surface area contributed by atoms with Gasteiger partial charge in [0, 0.05) is 6.54 Å². The van der Waals surface area contributed by atoms with Crippen LogP contribution < -0.4 is 5.73 Å². The van der Waals surface area contributed by atoms with E-state index in [9.17, 15) is 4.79 Å². The minimum atomic E-state index is -0.348. The average Bonchev–Trinajstić information content (AvgIpc) is 2.70. The Morgan fingerprint density at radius 2 is 1.04 bits per heavy atom. The van der Waals surface area contributed by atoms with Crippen LogP contribution >= 0.6 is 0 Å². The normalized spacial score (nSPS) is 10.9. The lowest BCUT2D eigenvalue weighted by atomic mass is 10.2. The predicted molar refractivity (Wildman–Crippen MR) is 99.9 cm³/mol. The minimum Gasteiger partial charge on any atom is -0.460 e. The SMILES string of the molecule is NCCOCCOCCOCCOCCOCCOC(=O)c1ccccc1. The number of nitrogens with two attached hydrogens (primary N) is 1. The topological polar surface area (TPSA) is 98.5 Å². The first-order chi connectivity index (χ1) is 13.3. The van der Waals surface area contributed by atoms with E-state index in [1.54, 1.807) is 24.3 Å². The Bertz CT molecular complexity index is 459. The van der Waals surface area contributed by atoms with Crippen molar-refractivity contribution in [2.75, 3.05) is 79.2 Å². The van der Waals surface area contributed by atoms with Crippen LogP contribution in [0.25, 0.3) is 0 Å². The summed E-state index contributed by atoms with van der Waals surface area (Å²) < 4.78 is 31.7. The van der Waals surface area contributed by atoms with Gasteiger partial charge in [0.2, 0.25) is 0 Å². The van der Waals surface area contributed by atoms with Crippen molar-refractivity contribution in [3.05, 3.63) is 35.9 Å². The quantitative estimate of drug-likeness (QED) is 0.294. The second kappa shape index (κ2) is 17.8. The molecule has 2 N–H and O–H groups in total. The molecule has 0 radical (unpaired) electrons. The molecule has 0 aliphatic carbocycles. The van der Waals surface area contributed by atoms with Gasteiger partial charge < -0.3 is 34.2 Å². The van der Waals surface area contributed by atoms with Gasteiger partial charge in [-0.1, -0.05) is 18.2 Å². The van der Waals surface area contributed by atoms with Crippen molar-refractivity contribution in [1.29, 1.82) is 0 Å². The monoisotopic (exact) mass is 385 g/mol. The van der Waals surface area contributed by atoms with Crippen LogP contribution in [0.15, 0.2) is 30.3 Å². The van der Waals surface area contributed by atoms with E-state index >= 15 is 0 Å². The Labute approximate surface area is 160 Å². The van der Waals surface area contributed by atoms with Gasteiger partial charge in [-0.2, -0.15) is 0 Å². The summed E-state index contributed by atoms with van der Waals surface area (Å²) in [6.07, 6.45) is 0. The highest BCUT2D eigenvalue weighted by Gasteiger charge is 2.04. The maximum absolute atomic E-state index is 11.7. The fourth-order valence-corrected chi connectivity index (χ4v) is 1.92. The van der Waals surface area contributed by atoms with Gasteiger partial charge in [0.1, 0.15) is 6.61 Å². The van der Waals surface area contributed by atoms with E-state index < -0.39 is 0 Å². The van der Waals surface area contributed by atoms with Crippen LogP contribution in [0.3, 0.4) is 0 Å². The van der Waals surface area contributed by atoms with Gasteiger partial charge in [-0.15, -0.1) is 0 Å². The number of rotatable bonds is 18. The number of carbonyl (C=O) groups excluding carboxylic acids is 1. The molecule has 0 spiro atoms. The van der Waals surface area contributed by atoms with Gasteiger partial charge in [0.05, 0.1) is 71.6 Å². The fourth-order valence-electron chi connectivity index (χ4n) is 1.92. The maximum atomic E-state index is 11.7. The van der Waals surface area contributed by atoms with Gasteiger partial charge in [-0.05, 0) is 12.1 Å². The van der Waals surface area contributed by atoms with Crippen molar-refractivity contribution >= 4 is 5.97 Å². The van der Waals surface area contributed by atoms with Gasteiger partial charge in [0.15, 0.2) is 0 Å². The molecule has 0 aromatic heterocycles. The van der Waals surface area contributed by atoms with Crippen LogP contribution in [0, 0.1) is 0 Å². The van der Waals surface area contributed by atoms with Crippen molar-refractivity contribution in [2.24, 2.45) is 5.73 Å². The van der Waals surface area contributed by atoms with Gasteiger partial charge in [-0.3, -0.25) is 0 Å². The van der Waals surface area contributed by atoms with E-state index in [1.165, 1.54) is 0 Å². The highest BCUT2D eigenvalue weighted by molar-refractivity contribution is 5.89. The highest BCUT2D eigenvalue weighted by Crippen LogP contribution is 2.00. The molecule has 0 aliphatic heterocycles. The molecule has 0 atom stereocenters. The molecule has 1 aromatic carbocycles. The van der Waals surface area contributed by atoms with Crippen molar-refractivity contribution in [3.63, 3.8) is 0 Å². The second-order valence-corrected chi connectivity index (χ2v) is 5.35. The zero-order valence-corrected chi connectivity index (χ0v) is 15.8. The van der Waals surface area contributed by atoms with E-state index in [0.29, 0.717) is 78.2 Å². The first-order valence-electron chi connectivity index (χ1n) is 9.15. The van der Waals surface area contributed by atoms with Gasteiger partial charge >= 0.3 is 5.97 Å². The summed E-state index contributed by atoms with van der Waals surface area (Å²) >= 11 is 0. The number of benzene rings is 1. The molecule has 0 fully saturated rings. The molecule has 0 aliphatic rings. The molecule has 0 heterocycles. The summed E-state index contributed by atoms with van der Waals surface area (Å²) in [6.45, 7) is 5.66. The van der Waals surface area contributed by atoms with Crippen LogP contribution in [0.2, 0.25) is 0 Å². The van der Waals surface area contributed by atoms with E-state index in [1.807, 2.05) is 6.07 Å². The Morgan fingerprint density at radius 3 is 1.48 bits per heavy atom. The molecule has 0 bridgehead atoms. The second-order valence-electron chi connectivity index (χ2n) is 5.35. The molecule has 0 unspecified atom stereocenters. The molecule has 1 aromatic rings. The lowest BCUT2D eigenvalue weighted by Gasteiger charge is -2.08. The van der Waals surface area contributed by atoms with Gasteiger partial charge in [0.25, 0.3) is 0 Å². The van der Waals surface area contributed by atoms with Crippen molar-refractivity contribution in [1.82, 2.24) is 0 Å². The summed E-state index contributed by atoms with van der Waals surface area (Å²) in [5, 5.41) is 0. The van der Waals surface area contributed by atoms with Crippen LogP contribution in [-0.4, -0.2) is 85.2 Å². The molecule has 8 nitrogen and oxygen atoms in total. The number of ether oxygens (including phenoxy) is 6. The van der Waals surface area contributed by atoms with E-state index in [-0.39, 0.29) is 12.6 Å². The molecule has 8 heteroatoms. The number of carbonyl (C=O) groups is 1. The smallest absolute Gasteiger partial charge is 0.338 e. The summed E-state index contributed by atoms with van der Waals surface area (Å²) in [5.74, 6) is -0.348. The zero-order valence-electron chi connectivity index (χ0n) is 15.8. The molecule has 0 amide bonds. The van der Waals surface area contributed by atoms with E-state index in [0.717, 1.165) is 0 Å². The molecule has 0 saturated heterocycles. The summed E-state index contributed by atoms with van der Waals surface area (Å²) in [6, 6.07) is 8.86. The first-order valence-corrected chi connectivity index (χ1v) is 9.15. The molecule has 154 valence electrons. The molecular weight excluding hydrogens is 354 g/mol. The molecule has 1 rings (SSSR count). The van der Waals surface area contributed by atoms with E-state index in [2.05, 4.69) is 0 Å². The molecular formula is C19H31NO7. The Kier molecular flexibility index (Phi) is 15.5. The van der Waals surface area contributed by atoms with Crippen LogP contribution in [0.1, 0.15) is 10.4 Å². The zero-order chi connectivity index (χ0) is 19.4. The summed E-state index contributed by atoms with van der Waals surface area (Å²) in [7, 11) is 0. The number of hydrogen-bond donors (Lipinski definition) is 1. The first kappa shape index (κ1) is 23.5. The summed E-state index contributed by atoms with van der Waals surface area (Å²) in [5.41, 5.74) is 5.83. The predicted octanol–water partition coefficient (Wildman–Crippen LogP) is 0.885. The molecule has 27 heavy (non-hydrogen) atoms. The number of hydrogen-bond acceptors (Lipinski definition) is 8. The Hall–Kier alpha value is -1.55. The fraction of sp³-hybridized carbons (Fsp3) is 0.632. The van der Waals surface area contributed by atoms with Gasteiger partial charge in [-0.25, -0.2) is 4.79 Å². The van der Waals surface area contributed by atoms with Crippen LogP contribution in [-0.2, 0) is 28.4 Å².